The predicted octanol–water partition coefficient (Wildman–Crippen LogP) is 5.08. The Kier molecular flexibility index (Phi) is 5.01. The van der Waals surface area contributed by atoms with E-state index in [1.807, 2.05) is 7.05 Å². The summed E-state index contributed by atoms with van der Waals surface area (Å²) in [5.74, 6) is 0. The lowest BCUT2D eigenvalue weighted by Crippen LogP contribution is -2.19. The first-order valence-electron chi connectivity index (χ1n) is 5.77. The molecule has 0 amide bonds. The van der Waals surface area contributed by atoms with Crippen LogP contribution in [-0.2, 0) is 6.42 Å². The molecule has 2 rings (SSSR count). The van der Waals surface area contributed by atoms with Gasteiger partial charge < -0.3 is 5.32 Å². The highest BCUT2D eigenvalue weighted by Gasteiger charge is 2.15. The second-order valence-corrected chi connectivity index (χ2v) is 6.90. The van der Waals surface area contributed by atoms with Crippen molar-refractivity contribution < 1.29 is 0 Å². The SMILES string of the molecule is CNC(Cc1sccc1Br)c1cccc(Br)c1C. The third kappa shape index (κ3) is 3.05. The Morgan fingerprint density at radius 3 is 2.61 bits per heavy atom. The normalized spacial score (nSPS) is 12.7. The Labute approximate surface area is 129 Å². The van der Waals surface area contributed by atoms with Crippen LogP contribution in [0.3, 0.4) is 0 Å². The fourth-order valence-electron chi connectivity index (χ4n) is 2.03. The molecule has 0 saturated carbocycles. The molecule has 96 valence electrons. The van der Waals surface area contributed by atoms with E-state index in [4.69, 9.17) is 0 Å². The number of hydrogen-bond donors (Lipinski definition) is 1. The fourth-order valence-corrected chi connectivity index (χ4v) is 3.97. The highest BCUT2D eigenvalue weighted by molar-refractivity contribution is 9.10. The van der Waals surface area contributed by atoms with E-state index in [1.54, 1.807) is 11.3 Å². The van der Waals surface area contributed by atoms with Crippen LogP contribution < -0.4 is 5.32 Å². The fraction of sp³-hybridized carbons (Fsp3) is 0.286. The maximum Gasteiger partial charge on any atom is 0.0369 e. The van der Waals surface area contributed by atoms with E-state index in [9.17, 15) is 0 Å². The van der Waals surface area contributed by atoms with Crippen LogP contribution >= 0.6 is 43.2 Å². The van der Waals surface area contributed by atoms with E-state index in [0.717, 1.165) is 6.42 Å². The first kappa shape index (κ1) is 14.3. The number of halogens is 2. The molecule has 1 nitrogen and oxygen atoms in total. The zero-order valence-electron chi connectivity index (χ0n) is 10.3. The minimum Gasteiger partial charge on any atom is -0.313 e. The van der Waals surface area contributed by atoms with Crippen molar-refractivity contribution in [3.63, 3.8) is 0 Å². The number of likely N-dealkylation sites (N-methyl/N-ethyl adjacent to an activating group) is 1. The molecule has 0 radical (unpaired) electrons. The summed E-state index contributed by atoms with van der Waals surface area (Å²) in [5, 5.41) is 5.54. The molecule has 0 aliphatic rings. The average molecular weight is 389 g/mol. The van der Waals surface area contributed by atoms with Gasteiger partial charge in [-0.25, -0.2) is 0 Å². The molecule has 4 heteroatoms. The molecule has 1 heterocycles. The summed E-state index contributed by atoms with van der Waals surface area (Å²) in [6, 6.07) is 8.84. The Morgan fingerprint density at radius 2 is 2.00 bits per heavy atom. The third-order valence-corrected chi connectivity index (χ3v) is 5.92. The van der Waals surface area contributed by atoms with Crippen molar-refractivity contribution in [2.75, 3.05) is 7.05 Å². The van der Waals surface area contributed by atoms with Crippen LogP contribution in [0.4, 0.5) is 0 Å². The lowest BCUT2D eigenvalue weighted by atomic mass is 9.98. The van der Waals surface area contributed by atoms with E-state index < -0.39 is 0 Å². The van der Waals surface area contributed by atoms with Gasteiger partial charge in [-0.15, -0.1) is 11.3 Å². The van der Waals surface area contributed by atoms with Crippen LogP contribution in [0.15, 0.2) is 38.6 Å². The van der Waals surface area contributed by atoms with Gasteiger partial charge in [0.05, 0.1) is 0 Å². The second kappa shape index (κ2) is 6.33. The van der Waals surface area contributed by atoms with Gasteiger partial charge in [0.1, 0.15) is 0 Å². The number of hydrogen-bond acceptors (Lipinski definition) is 2. The van der Waals surface area contributed by atoms with Crippen molar-refractivity contribution >= 4 is 43.2 Å². The summed E-state index contributed by atoms with van der Waals surface area (Å²) in [4.78, 5) is 1.38. The molecule has 2 aromatic rings. The van der Waals surface area contributed by atoms with Gasteiger partial charge in [-0.1, -0.05) is 28.1 Å². The van der Waals surface area contributed by atoms with E-state index in [-0.39, 0.29) is 0 Å². The van der Waals surface area contributed by atoms with Crippen molar-refractivity contribution in [3.05, 3.63) is 54.6 Å². The molecule has 0 fully saturated rings. The molecule has 18 heavy (non-hydrogen) atoms. The van der Waals surface area contributed by atoms with Crippen molar-refractivity contribution in [3.8, 4) is 0 Å². The summed E-state index contributed by atoms with van der Waals surface area (Å²) in [6.45, 7) is 2.16. The molecule has 0 saturated heterocycles. The molecule has 1 N–H and O–H groups in total. The van der Waals surface area contributed by atoms with Crippen LogP contribution in [0.5, 0.6) is 0 Å². The van der Waals surface area contributed by atoms with Gasteiger partial charge in [0.25, 0.3) is 0 Å². The smallest absolute Gasteiger partial charge is 0.0369 e. The Bertz CT molecular complexity index is 536. The monoisotopic (exact) mass is 387 g/mol. The molecular weight excluding hydrogens is 374 g/mol. The third-order valence-electron chi connectivity index (χ3n) is 3.11. The van der Waals surface area contributed by atoms with E-state index in [1.165, 1.54) is 24.9 Å². The summed E-state index contributed by atoms with van der Waals surface area (Å²) >= 11 is 9.00. The van der Waals surface area contributed by atoms with Gasteiger partial charge in [0.2, 0.25) is 0 Å². The van der Waals surface area contributed by atoms with E-state index >= 15 is 0 Å². The van der Waals surface area contributed by atoms with Gasteiger partial charge in [-0.05, 0) is 58.5 Å². The average Bonchev–Trinajstić information content (AvgIpc) is 2.76. The number of nitrogens with one attached hydrogen (secondary N) is 1. The number of rotatable bonds is 4. The minimum absolute atomic E-state index is 0.345. The summed E-state index contributed by atoms with van der Waals surface area (Å²) in [7, 11) is 2.02. The Hall–Kier alpha value is -0.160. The number of benzene rings is 1. The standard InChI is InChI=1S/C14H15Br2NS/c1-9-10(4-3-5-11(9)15)13(17-2)8-14-12(16)6-7-18-14/h3-7,13,17H,8H2,1-2H3. The zero-order valence-corrected chi connectivity index (χ0v) is 14.3. The van der Waals surface area contributed by atoms with Gasteiger partial charge in [-0.2, -0.15) is 0 Å². The largest absolute Gasteiger partial charge is 0.313 e. The van der Waals surface area contributed by atoms with Gasteiger partial charge >= 0.3 is 0 Å². The lowest BCUT2D eigenvalue weighted by molar-refractivity contribution is 0.592. The Balaban J connectivity index is 2.29. The van der Waals surface area contributed by atoms with Crippen molar-refractivity contribution in [1.82, 2.24) is 5.32 Å². The van der Waals surface area contributed by atoms with Gasteiger partial charge in [-0.3, -0.25) is 0 Å². The van der Waals surface area contributed by atoms with Crippen LogP contribution in [0, 0.1) is 6.92 Å². The van der Waals surface area contributed by atoms with E-state index in [2.05, 4.69) is 73.7 Å². The molecule has 0 aliphatic heterocycles. The van der Waals surface area contributed by atoms with Crippen LogP contribution in [0.1, 0.15) is 22.0 Å². The minimum atomic E-state index is 0.345. The highest BCUT2D eigenvalue weighted by atomic mass is 79.9. The maximum atomic E-state index is 3.60. The van der Waals surface area contributed by atoms with Crippen molar-refractivity contribution in [2.24, 2.45) is 0 Å². The molecule has 0 aliphatic carbocycles. The van der Waals surface area contributed by atoms with E-state index in [0.29, 0.717) is 6.04 Å². The van der Waals surface area contributed by atoms with Crippen molar-refractivity contribution in [2.45, 2.75) is 19.4 Å². The maximum absolute atomic E-state index is 3.60. The summed E-state index contributed by atoms with van der Waals surface area (Å²) in [6.07, 6.45) is 1.01. The second-order valence-electron chi connectivity index (χ2n) is 4.19. The topological polar surface area (TPSA) is 12.0 Å². The lowest BCUT2D eigenvalue weighted by Gasteiger charge is -2.19. The first-order valence-corrected chi connectivity index (χ1v) is 8.24. The molecule has 1 aromatic heterocycles. The quantitative estimate of drug-likeness (QED) is 0.769. The van der Waals surface area contributed by atoms with Crippen LogP contribution in [0.25, 0.3) is 0 Å². The van der Waals surface area contributed by atoms with Crippen molar-refractivity contribution in [1.29, 1.82) is 0 Å². The molecule has 1 atom stereocenters. The van der Waals surface area contributed by atoms with Crippen LogP contribution in [0.2, 0.25) is 0 Å². The first-order chi connectivity index (χ1) is 8.63. The van der Waals surface area contributed by atoms with Crippen LogP contribution in [-0.4, -0.2) is 7.05 Å². The molecule has 0 spiro atoms. The highest BCUT2D eigenvalue weighted by Crippen LogP contribution is 2.31. The molecule has 0 bridgehead atoms. The number of thiophene rings is 1. The summed E-state index contributed by atoms with van der Waals surface area (Å²) < 4.78 is 2.38. The zero-order chi connectivity index (χ0) is 13.1. The summed E-state index contributed by atoms with van der Waals surface area (Å²) in [5.41, 5.74) is 2.66. The van der Waals surface area contributed by atoms with Gasteiger partial charge in [0.15, 0.2) is 0 Å². The Morgan fingerprint density at radius 1 is 1.22 bits per heavy atom. The molecule has 1 unspecified atom stereocenters. The molecular formula is C14H15Br2NS. The van der Waals surface area contributed by atoms with Gasteiger partial charge in [0, 0.05) is 26.3 Å². The predicted molar refractivity (Wildman–Crippen MR) is 86.4 cm³/mol. The molecule has 1 aromatic carbocycles.